The van der Waals surface area contributed by atoms with Gasteiger partial charge >= 0.3 is 6.18 Å². The fourth-order valence-corrected chi connectivity index (χ4v) is 1.10. The molecule has 1 atom stereocenters. The molecule has 0 spiro atoms. The molecule has 1 fully saturated rings. The van der Waals surface area contributed by atoms with Gasteiger partial charge in [-0.15, -0.1) is 0 Å². The van der Waals surface area contributed by atoms with Crippen molar-refractivity contribution in [3.05, 3.63) is 0 Å². The fourth-order valence-electron chi connectivity index (χ4n) is 1.10. The van der Waals surface area contributed by atoms with Crippen LogP contribution in [0.1, 0.15) is 12.8 Å². The Morgan fingerprint density at radius 3 is 2.00 bits per heavy atom. The lowest BCUT2D eigenvalue weighted by Crippen LogP contribution is -2.41. The lowest BCUT2D eigenvalue weighted by atomic mass is 10.2. The predicted octanol–water partition coefficient (Wildman–Crippen LogP) is 1.55. The van der Waals surface area contributed by atoms with Gasteiger partial charge in [-0.1, -0.05) is 0 Å². The van der Waals surface area contributed by atoms with Gasteiger partial charge in [-0.3, -0.25) is 0 Å². The summed E-state index contributed by atoms with van der Waals surface area (Å²) >= 11 is 0. The molecule has 0 saturated heterocycles. The molecular formula is C6H10F3N. The largest absolute Gasteiger partial charge is 0.404 e. The lowest BCUT2D eigenvalue weighted by molar-refractivity contribution is -0.159. The van der Waals surface area contributed by atoms with Crippen LogP contribution in [0.5, 0.6) is 0 Å². The van der Waals surface area contributed by atoms with E-state index in [0.29, 0.717) is 12.8 Å². The van der Waals surface area contributed by atoms with Crippen LogP contribution in [-0.2, 0) is 0 Å². The average molecular weight is 153 g/mol. The van der Waals surface area contributed by atoms with Crippen molar-refractivity contribution >= 4 is 0 Å². The summed E-state index contributed by atoms with van der Waals surface area (Å²) < 4.78 is 35.8. The molecule has 1 N–H and O–H groups in total. The molecule has 0 aromatic carbocycles. The molecule has 0 unspecified atom stereocenters. The third kappa shape index (κ3) is 1.62. The summed E-state index contributed by atoms with van der Waals surface area (Å²) in [6.07, 6.45) is -2.63. The fraction of sp³-hybridized carbons (Fsp3) is 1.00. The Morgan fingerprint density at radius 1 is 1.40 bits per heavy atom. The maximum atomic E-state index is 11.9. The Balaban J connectivity index is 2.46. The van der Waals surface area contributed by atoms with E-state index in [9.17, 15) is 13.2 Å². The Bertz CT molecular complexity index is 117. The second-order valence-corrected chi connectivity index (χ2v) is 2.65. The monoisotopic (exact) mass is 153 g/mol. The van der Waals surface area contributed by atoms with Crippen LogP contribution < -0.4 is 5.32 Å². The van der Waals surface area contributed by atoms with Crippen LogP contribution >= 0.6 is 0 Å². The highest BCUT2D eigenvalue weighted by molar-refractivity contribution is 4.89. The van der Waals surface area contributed by atoms with E-state index in [-0.39, 0.29) is 5.92 Å². The molecule has 1 saturated carbocycles. The number of alkyl halides is 3. The molecule has 1 aliphatic carbocycles. The summed E-state index contributed by atoms with van der Waals surface area (Å²) in [6.45, 7) is 0. The first-order chi connectivity index (χ1) is 4.55. The van der Waals surface area contributed by atoms with Crippen molar-refractivity contribution in [2.45, 2.75) is 25.1 Å². The normalized spacial score (nSPS) is 22.8. The predicted molar refractivity (Wildman–Crippen MR) is 31.6 cm³/mol. The first kappa shape index (κ1) is 7.85. The minimum absolute atomic E-state index is 0.162. The molecule has 60 valence electrons. The van der Waals surface area contributed by atoms with Gasteiger partial charge in [-0.25, -0.2) is 0 Å². The molecule has 1 nitrogen and oxygen atoms in total. The molecular weight excluding hydrogens is 143 g/mol. The van der Waals surface area contributed by atoms with E-state index in [1.54, 1.807) is 0 Å². The summed E-state index contributed by atoms with van der Waals surface area (Å²) in [7, 11) is 1.36. The smallest absolute Gasteiger partial charge is 0.309 e. The Morgan fingerprint density at radius 2 is 1.90 bits per heavy atom. The maximum absolute atomic E-state index is 11.9. The van der Waals surface area contributed by atoms with Crippen molar-refractivity contribution < 1.29 is 13.2 Å². The molecule has 0 heterocycles. The van der Waals surface area contributed by atoms with E-state index >= 15 is 0 Å². The molecule has 0 aromatic rings. The first-order valence-corrected chi connectivity index (χ1v) is 3.29. The standard InChI is InChI=1S/C6H10F3N/c1-10-5(4-2-3-4)6(7,8)9/h4-5,10H,2-3H2,1H3/t5-/m1/s1. The van der Waals surface area contributed by atoms with Crippen molar-refractivity contribution in [1.82, 2.24) is 5.32 Å². The molecule has 0 aliphatic heterocycles. The number of hydrogen-bond donors (Lipinski definition) is 1. The van der Waals surface area contributed by atoms with Crippen LogP contribution in [0.4, 0.5) is 13.2 Å². The van der Waals surface area contributed by atoms with Crippen LogP contribution in [0.25, 0.3) is 0 Å². The molecule has 1 aliphatic rings. The van der Waals surface area contributed by atoms with Crippen LogP contribution in [-0.4, -0.2) is 19.3 Å². The highest BCUT2D eigenvalue weighted by atomic mass is 19.4. The quantitative estimate of drug-likeness (QED) is 0.634. The minimum atomic E-state index is -4.06. The molecule has 0 radical (unpaired) electrons. The van der Waals surface area contributed by atoms with Gasteiger partial charge in [0.05, 0.1) is 0 Å². The summed E-state index contributed by atoms with van der Waals surface area (Å²) in [6, 6.07) is -1.27. The van der Waals surface area contributed by atoms with E-state index in [4.69, 9.17) is 0 Å². The van der Waals surface area contributed by atoms with Crippen molar-refractivity contribution in [2.75, 3.05) is 7.05 Å². The number of hydrogen-bond acceptors (Lipinski definition) is 1. The molecule has 0 bridgehead atoms. The van der Waals surface area contributed by atoms with E-state index in [2.05, 4.69) is 5.32 Å². The van der Waals surface area contributed by atoms with E-state index in [1.165, 1.54) is 7.05 Å². The zero-order valence-corrected chi connectivity index (χ0v) is 5.70. The van der Waals surface area contributed by atoms with Crippen LogP contribution in [0.3, 0.4) is 0 Å². The van der Waals surface area contributed by atoms with Gasteiger partial charge in [0.25, 0.3) is 0 Å². The number of rotatable bonds is 2. The summed E-state index contributed by atoms with van der Waals surface area (Å²) in [4.78, 5) is 0. The molecule has 4 heteroatoms. The molecule has 1 rings (SSSR count). The summed E-state index contributed by atoms with van der Waals surface area (Å²) in [5.74, 6) is -0.162. The topological polar surface area (TPSA) is 12.0 Å². The highest BCUT2D eigenvalue weighted by Crippen LogP contribution is 2.39. The lowest BCUT2D eigenvalue weighted by Gasteiger charge is -2.18. The molecule has 0 aromatic heterocycles. The van der Waals surface area contributed by atoms with Crippen molar-refractivity contribution in [2.24, 2.45) is 5.92 Å². The third-order valence-corrected chi connectivity index (χ3v) is 1.76. The van der Waals surface area contributed by atoms with Crippen LogP contribution in [0.2, 0.25) is 0 Å². The van der Waals surface area contributed by atoms with E-state index < -0.39 is 12.2 Å². The zero-order chi connectivity index (χ0) is 7.78. The average Bonchev–Trinajstić information content (AvgIpc) is 2.46. The van der Waals surface area contributed by atoms with Gasteiger partial charge in [0.1, 0.15) is 6.04 Å². The Labute approximate surface area is 57.6 Å². The number of nitrogens with one attached hydrogen (secondary N) is 1. The van der Waals surface area contributed by atoms with Crippen molar-refractivity contribution in [1.29, 1.82) is 0 Å². The first-order valence-electron chi connectivity index (χ1n) is 3.29. The maximum Gasteiger partial charge on any atom is 0.404 e. The zero-order valence-electron chi connectivity index (χ0n) is 5.70. The second-order valence-electron chi connectivity index (χ2n) is 2.65. The third-order valence-electron chi connectivity index (χ3n) is 1.76. The molecule has 0 amide bonds. The van der Waals surface area contributed by atoms with Crippen molar-refractivity contribution in [3.63, 3.8) is 0 Å². The summed E-state index contributed by atoms with van der Waals surface area (Å²) in [5.41, 5.74) is 0. The molecule has 10 heavy (non-hydrogen) atoms. The van der Waals surface area contributed by atoms with E-state index in [1.807, 2.05) is 0 Å². The summed E-state index contributed by atoms with van der Waals surface area (Å²) in [5, 5.41) is 2.28. The second kappa shape index (κ2) is 2.42. The number of halogens is 3. The highest BCUT2D eigenvalue weighted by Gasteiger charge is 2.47. The van der Waals surface area contributed by atoms with Gasteiger partial charge in [0.15, 0.2) is 0 Å². The van der Waals surface area contributed by atoms with Gasteiger partial charge in [0, 0.05) is 0 Å². The van der Waals surface area contributed by atoms with Crippen LogP contribution in [0, 0.1) is 5.92 Å². The van der Waals surface area contributed by atoms with E-state index in [0.717, 1.165) is 0 Å². The SMILES string of the molecule is CN[C@H](C1CC1)C(F)(F)F. The Hall–Kier alpha value is -0.250. The van der Waals surface area contributed by atoms with Crippen LogP contribution in [0.15, 0.2) is 0 Å². The minimum Gasteiger partial charge on any atom is -0.309 e. The Kier molecular flexibility index (Phi) is 1.90. The van der Waals surface area contributed by atoms with Crippen molar-refractivity contribution in [3.8, 4) is 0 Å². The van der Waals surface area contributed by atoms with Gasteiger partial charge in [-0.2, -0.15) is 13.2 Å². The van der Waals surface area contributed by atoms with Gasteiger partial charge in [0.2, 0.25) is 0 Å². The van der Waals surface area contributed by atoms with Gasteiger partial charge < -0.3 is 5.32 Å². The van der Waals surface area contributed by atoms with Gasteiger partial charge in [-0.05, 0) is 25.8 Å².